The molecule has 3 aromatic heterocycles. The summed E-state index contributed by atoms with van der Waals surface area (Å²) in [6, 6.07) is 20.4. The van der Waals surface area contributed by atoms with Gasteiger partial charge in [0.25, 0.3) is 0 Å². The van der Waals surface area contributed by atoms with E-state index in [0.29, 0.717) is 0 Å². The van der Waals surface area contributed by atoms with E-state index >= 15 is 0 Å². The second-order valence-corrected chi connectivity index (χ2v) is 5.88. The second-order valence-electron chi connectivity index (χ2n) is 5.88. The van der Waals surface area contributed by atoms with Crippen molar-refractivity contribution < 1.29 is 0 Å². The number of rotatable bonds is 2. The zero-order chi connectivity index (χ0) is 16.6. The van der Waals surface area contributed by atoms with Gasteiger partial charge in [0.1, 0.15) is 12.1 Å². The molecule has 0 aliphatic rings. The van der Waals surface area contributed by atoms with E-state index in [-0.39, 0.29) is 0 Å². The van der Waals surface area contributed by atoms with Gasteiger partial charge in [-0.1, -0.05) is 42.5 Å². The van der Waals surface area contributed by atoms with Crippen LogP contribution in [0.3, 0.4) is 0 Å². The van der Waals surface area contributed by atoms with Gasteiger partial charge in [0, 0.05) is 35.1 Å². The van der Waals surface area contributed by atoms with E-state index in [1.54, 1.807) is 6.20 Å². The van der Waals surface area contributed by atoms with Crippen LogP contribution in [0.15, 0.2) is 85.6 Å². The Hall–Kier alpha value is -3.53. The van der Waals surface area contributed by atoms with Crippen molar-refractivity contribution in [2.75, 3.05) is 0 Å². The van der Waals surface area contributed by atoms with Gasteiger partial charge in [-0.25, -0.2) is 9.97 Å². The quantitative estimate of drug-likeness (QED) is 0.476. The van der Waals surface area contributed by atoms with Gasteiger partial charge in [-0.2, -0.15) is 0 Å². The molecule has 0 radical (unpaired) electrons. The lowest BCUT2D eigenvalue weighted by Gasteiger charge is -2.08. The number of benzene rings is 2. The first-order valence-electron chi connectivity index (χ1n) is 8.12. The molecular formula is C21H14N4. The Morgan fingerprint density at radius 2 is 1.64 bits per heavy atom. The zero-order valence-electron chi connectivity index (χ0n) is 13.4. The molecule has 0 amide bonds. The van der Waals surface area contributed by atoms with Gasteiger partial charge >= 0.3 is 0 Å². The van der Waals surface area contributed by atoms with Gasteiger partial charge in [-0.3, -0.25) is 9.55 Å². The fraction of sp³-hybridized carbons (Fsp3) is 0. The topological polar surface area (TPSA) is 43.6 Å². The Morgan fingerprint density at radius 3 is 2.56 bits per heavy atom. The van der Waals surface area contributed by atoms with Crippen LogP contribution in [0, 0.1) is 0 Å². The molecule has 4 nitrogen and oxygen atoms in total. The first kappa shape index (κ1) is 13.9. The molecule has 0 aliphatic heterocycles. The molecular weight excluding hydrogens is 308 g/mol. The van der Waals surface area contributed by atoms with Crippen molar-refractivity contribution in [3.8, 4) is 16.9 Å². The summed E-state index contributed by atoms with van der Waals surface area (Å²) in [6.45, 7) is 0. The maximum Gasteiger partial charge on any atom is 0.138 e. The lowest BCUT2D eigenvalue weighted by molar-refractivity contribution is 1.02. The lowest BCUT2D eigenvalue weighted by Crippen LogP contribution is -1.94. The van der Waals surface area contributed by atoms with Crippen LogP contribution in [0.1, 0.15) is 0 Å². The van der Waals surface area contributed by atoms with Crippen molar-refractivity contribution in [2.24, 2.45) is 0 Å². The Bertz CT molecular complexity index is 1190. The van der Waals surface area contributed by atoms with E-state index in [9.17, 15) is 0 Å². The Balaban J connectivity index is 1.79. The number of imidazole rings is 1. The third-order valence-corrected chi connectivity index (χ3v) is 4.43. The maximum atomic E-state index is 4.67. The van der Waals surface area contributed by atoms with Crippen molar-refractivity contribution in [3.63, 3.8) is 0 Å². The predicted octanol–water partition coefficient (Wildman–Crippen LogP) is 4.64. The molecule has 0 saturated carbocycles. The first-order chi connectivity index (χ1) is 12.4. The number of fused-ring (bicyclic) bond motifs is 2. The van der Waals surface area contributed by atoms with Crippen LogP contribution in [0.2, 0.25) is 0 Å². The summed E-state index contributed by atoms with van der Waals surface area (Å²) in [5.41, 5.74) is 4.15. The van der Waals surface area contributed by atoms with Gasteiger partial charge in [0.2, 0.25) is 0 Å². The minimum absolute atomic E-state index is 0.859. The van der Waals surface area contributed by atoms with E-state index in [2.05, 4.69) is 51.4 Å². The highest BCUT2D eigenvalue weighted by Crippen LogP contribution is 2.32. The van der Waals surface area contributed by atoms with Crippen LogP contribution in [-0.2, 0) is 0 Å². The molecule has 2 aromatic carbocycles. The van der Waals surface area contributed by atoms with E-state index in [1.165, 1.54) is 5.39 Å². The van der Waals surface area contributed by atoms with Crippen LogP contribution in [0.5, 0.6) is 0 Å². The van der Waals surface area contributed by atoms with Crippen molar-refractivity contribution in [1.29, 1.82) is 0 Å². The average molecular weight is 322 g/mol. The summed E-state index contributed by atoms with van der Waals surface area (Å²) < 4.78 is 2.01. The second kappa shape index (κ2) is 5.53. The van der Waals surface area contributed by atoms with E-state index in [1.807, 2.05) is 47.6 Å². The van der Waals surface area contributed by atoms with Crippen molar-refractivity contribution >= 4 is 21.8 Å². The summed E-state index contributed by atoms with van der Waals surface area (Å²) >= 11 is 0. The molecule has 118 valence electrons. The van der Waals surface area contributed by atoms with E-state index < -0.39 is 0 Å². The van der Waals surface area contributed by atoms with Gasteiger partial charge < -0.3 is 0 Å². The lowest BCUT2D eigenvalue weighted by atomic mass is 10.00. The minimum atomic E-state index is 0.859. The Labute approximate surface area is 144 Å². The number of pyridine rings is 2. The molecule has 0 saturated heterocycles. The summed E-state index contributed by atoms with van der Waals surface area (Å²) in [6.07, 6.45) is 7.43. The largest absolute Gasteiger partial charge is 0.283 e. The standard InChI is InChI=1S/C21H14N4/c1-2-7-16-15(6-1)12-22-13-18(16)17-8-5-9-19-21(17)24-14-25(19)20-10-3-4-11-23-20/h1-14H. The first-order valence-corrected chi connectivity index (χ1v) is 8.12. The number of para-hydroxylation sites is 1. The summed E-state index contributed by atoms with van der Waals surface area (Å²) in [5.74, 6) is 0.859. The van der Waals surface area contributed by atoms with Crippen LogP contribution >= 0.6 is 0 Å². The van der Waals surface area contributed by atoms with Gasteiger partial charge in [-0.15, -0.1) is 0 Å². The monoisotopic (exact) mass is 322 g/mol. The smallest absolute Gasteiger partial charge is 0.138 e. The molecule has 0 atom stereocenters. The minimum Gasteiger partial charge on any atom is -0.283 e. The Morgan fingerprint density at radius 1 is 0.720 bits per heavy atom. The third-order valence-electron chi connectivity index (χ3n) is 4.43. The molecule has 0 bridgehead atoms. The zero-order valence-corrected chi connectivity index (χ0v) is 13.4. The summed E-state index contributed by atoms with van der Waals surface area (Å²) in [7, 11) is 0. The molecule has 5 rings (SSSR count). The fourth-order valence-corrected chi connectivity index (χ4v) is 3.27. The predicted molar refractivity (Wildman–Crippen MR) is 99.6 cm³/mol. The highest BCUT2D eigenvalue weighted by molar-refractivity contribution is 6.03. The normalized spacial score (nSPS) is 11.2. The van der Waals surface area contributed by atoms with Gasteiger partial charge in [-0.05, 0) is 23.6 Å². The molecule has 0 unspecified atom stereocenters. The number of aromatic nitrogens is 4. The molecule has 0 N–H and O–H groups in total. The van der Waals surface area contributed by atoms with Crippen LogP contribution in [0.25, 0.3) is 38.8 Å². The highest BCUT2D eigenvalue weighted by atomic mass is 15.1. The molecule has 3 heterocycles. The average Bonchev–Trinajstić information content (AvgIpc) is 3.12. The molecule has 25 heavy (non-hydrogen) atoms. The molecule has 5 aromatic rings. The van der Waals surface area contributed by atoms with E-state index in [4.69, 9.17) is 0 Å². The van der Waals surface area contributed by atoms with Crippen LogP contribution in [0.4, 0.5) is 0 Å². The van der Waals surface area contributed by atoms with Crippen molar-refractivity contribution in [1.82, 2.24) is 19.5 Å². The summed E-state index contributed by atoms with van der Waals surface area (Å²) in [5, 5.41) is 2.30. The molecule has 0 spiro atoms. The highest BCUT2D eigenvalue weighted by Gasteiger charge is 2.12. The van der Waals surface area contributed by atoms with Crippen molar-refractivity contribution in [2.45, 2.75) is 0 Å². The maximum absolute atomic E-state index is 4.67. The molecule has 0 aliphatic carbocycles. The van der Waals surface area contributed by atoms with Crippen molar-refractivity contribution in [3.05, 3.63) is 85.6 Å². The number of nitrogens with zero attached hydrogens (tertiary/aromatic N) is 4. The Kier molecular flexibility index (Phi) is 3.07. The van der Waals surface area contributed by atoms with Gasteiger partial charge in [0.15, 0.2) is 0 Å². The van der Waals surface area contributed by atoms with E-state index in [0.717, 1.165) is 33.4 Å². The fourth-order valence-electron chi connectivity index (χ4n) is 3.27. The number of hydrogen-bond donors (Lipinski definition) is 0. The summed E-state index contributed by atoms with van der Waals surface area (Å²) in [4.78, 5) is 13.5. The SMILES string of the molecule is c1ccc(-n2cnc3c(-c4cncc5ccccc45)cccc32)nc1. The molecule has 4 heteroatoms. The van der Waals surface area contributed by atoms with Crippen LogP contribution < -0.4 is 0 Å². The van der Waals surface area contributed by atoms with Crippen LogP contribution in [-0.4, -0.2) is 19.5 Å². The van der Waals surface area contributed by atoms with Gasteiger partial charge in [0.05, 0.1) is 11.0 Å². The number of hydrogen-bond acceptors (Lipinski definition) is 3. The third kappa shape index (κ3) is 2.19. The molecule has 0 fully saturated rings.